The maximum atomic E-state index is 13.2. The Morgan fingerprint density at radius 1 is 1.11 bits per heavy atom. The average molecular weight is 504 g/mol. The van der Waals surface area contributed by atoms with Crippen LogP contribution in [0.4, 0.5) is 0 Å². The van der Waals surface area contributed by atoms with Crippen LogP contribution in [0.5, 0.6) is 5.75 Å². The van der Waals surface area contributed by atoms with E-state index < -0.39 is 21.8 Å². The van der Waals surface area contributed by atoms with E-state index in [1.54, 1.807) is 10.8 Å². The summed E-state index contributed by atoms with van der Waals surface area (Å²) < 4.78 is 31.5. The van der Waals surface area contributed by atoms with Gasteiger partial charge < -0.3 is 4.74 Å². The summed E-state index contributed by atoms with van der Waals surface area (Å²) in [7, 11) is -3.22. The van der Waals surface area contributed by atoms with Gasteiger partial charge in [0.2, 0.25) is 5.91 Å². The van der Waals surface area contributed by atoms with Crippen LogP contribution >= 0.6 is 0 Å². The van der Waals surface area contributed by atoms with Gasteiger partial charge in [-0.25, -0.2) is 13.1 Å². The predicted molar refractivity (Wildman–Crippen MR) is 134 cm³/mol. The monoisotopic (exact) mass is 503 g/mol. The molecule has 2 unspecified atom stereocenters. The van der Waals surface area contributed by atoms with Crippen molar-refractivity contribution in [3.63, 3.8) is 0 Å². The number of para-hydroxylation sites is 1. The zero-order valence-electron chi connectivity index (χ0n) is 19.8. The van der Waals surface area contributed by atoms with E-state index in [2.05, 4.69) is 6.07 Å². The first-order valence-corrected chi connectivity index (χ1v) is 13.8. The van der Waals surface area contributed by atoms with Crippen molar-refractivity contribution in [3.05, 3.63) is 71.4 Å². The second kappa shape index (κ2) is 8.44. The zero-order valence-corrected chi connectivity index (χ0v) is 20.6. The SMILES string of the molecule is CC1Cc2cc(-c3nn(-c4ccccc4)cc3C=C3CC(=O)N(C4CCS(=O)(=O)C4)C3=O)ccc2O1. The molecule has 184 valence electrons. The van der Waals surface area contributed by atoms with Gasteiger partial charge in [0.1, 0.15) is 11.9 Å². The highest BCUT2D eigenvalue weighted by Gasteiger charge is 2.43. The van der Waals surface area contributed by atoms with Crippen molar-refractivity contribution < 1.29 is 22.7 Å². The lowest BCUT2D eigenvalue weighted by Crippen LogP contribution is -2.40. The van der Waals surface area contributed by atoms with Gasteiger partial charge >= 0.3 is 0 Å². The van der Waals surface area contributed by atoms with E-state index in [9.17, 15) is 18.0 Å². The van der Waals surface area contributed by atoms with Gasteiger partial charge in [0, 0.05) is 29.3 Å². The molecule has 4 heterocycles. The number of amides is 2. The standard InChI is InChI=1S/C27H25N3O5S/c1-17-11-19-12-18(7-8-24(19)35-17)26-21(15-29(28-26)22-5-3-2-4-6-22)13-20-14-25(31)30(27(20)32)23-9-10-36(33,34)16-23/h2-8,12-13,15,17,23H,9-11,14,16H2,1H3. The summed E-state index contributed by atoms with van der Waals surface area (Å²) in [5.41, 5.74) is 4.61. The minimum Gasteiger partial charge on any atom is -0.490 e. The van der Waals surface area contributed by atoms with Crippen LogP contribution in [0, 0.1) is 0 Å². The third-order valence-electron chi connectivity index (χ3n) is 6.94. The molecule has 2 atom stereocenters. The van der Waals surface area contributed by atoms with Gasteiger partial charge in [-0.3, -0.25) is 14.5 Å². The first-order chi connectivity index (χ1) is 17.3. The summed E-state index contributed by atoms with van der Waals surface area (Å²) in [5, 5.41) is 4.84. The topological polar surface area (TPSA) is 98.6 Å². The summed E-state index contributed by atoms with van der Waals surface area (Å²) in [6.07, 6.45) is 4.74. The van der Waals surface area contributed by atoms with Gasteiger partial charge in [0.05, 0.1) is 35.3 Å². The van der Waals surface area contributed by atoms with Crippen molar-refractivity contribution in [2.75, 3.05) is 11.5 Å². The number of imide groups is 1. The molecule has 3 aliphatic heterocycles. The molecule has 6 rings (SSSR count). The van der Waals surface area contributed by atoms with Crippen molar-refractivity contribution >= 4 is 27.7 Å². The van der Waals surface area contributed by atoms with E-state index >= 15 is 0 Å². The molecule has 3 aromatic rings. The van der Waals surface area contributed by atoms with Crippen molar-refractivity contribution in [2.24, 2.45) is 0 Å². The number of carbonyl (C=O) groups excluding carboxylic acids is 2. The highest BCUT2D eigenvalue weighted by Crippen LogP contribution is 2.35. The fraction of sp³-hybridized carbons (Fsp3) is 0.296. The van der Waals surface area contributed by atoms with Crippen molar-refractivity contribution in [3.8, 4) is 22.7 Å². The molecule has 0 saturated carbocycles. The number of nitrogens with zero attached hydrogens (tertiary/aromatic N) is 3. The number of aromatic nitrogens is 2. The number of hydrogen-bond acceptors (Lipinski definition) is 6. The van der Waals surface area contributed by atoms with Gasteiger partial charge in [0.15, 0.2) is 9.84 Å². The van der Waals surface area contributed by atoms with E-state index in [0.29, 0.717) is 23.3 Å². The molecule has 0 radical (unpaired) electrons. The number of fused-ring (bicyclic) bond motifs is 1. The molecule has 2 amide bonds. The van der Waals surface area contributed by atoms with Crippen LogP contribution in [-0.2, 0) is 25.8 Å². The minimum atomic E-state index is -3.22. The first kappa shape index (κ1) is 22.7. The Kier molecular flexibility index (Phi) is 5.33. The zero-order chi connectivity index (χ0) is 25.0. The van der Waals surface area contributed by atoms with Crippen LogP contribution in [0.25, 0.3) is 23.0 Å². The average Bonchev–Trinajstić information content (AvgIpc) is 3.59. The number of carbonyl (C=O) groups is 2. The molecule has 2 aromatic carbocycles. The summed E-state index contributed by atoms with van der Waals surface area (Å²) in [6, 6.07) is 15.0. The number of likely N-dealkylation sites (tertiary alicyclic amines) is 1. The minimum absolute atomic E-state index is 0.00241. The molecule has 1 aromatic heterocycles. The van der Waals surface area contributed by atoms with E-state index in [4.69, 9.17) is 9.84 Å². The van der Waals surface area contributed by atoms with Crippen LogP contribution in [0.1, 0.15) is 30.9 Å². The van der Waals surface area contributed by atoms with Crippen LogP contribution in [0.2, 0.25) is 0 Å². The van der Waals surface area contributed by atoms with Crippen molar-refractivity contribution in [1.29, 1.82) is 0 Å². The van der Waals surface area contributed by atoms with Gasteiger partial charge in [-0.1, -0.05) is 18.2 Å². The van der Waals surface area contributed by atoms with E-state index in [1.807, 2.05) is 55.6 Å². The summed E-state index contributed by atoms with van der Waals surface area (Å²) in [5.74, 6) is -0.0643. The number of benzene rings is 2. The molecule has 0 bridgehead atoms. The fourth-order valence-corrected chi connectivity index (χ4v) is 6.94. The van der Waals surface area contributed by atoms with Gasteiger partial charge in [0.25, 0.3) is 5.91 Å². The lowest BCUT2D eigenvalue weighted by atomic mass is 10.0. The molecule has 0 aliphatic carbocycles. The molecular weight excluding hydrogens is 478 g/mol. The lowest BCUT2D eigenvalue weighted by Gasteiger charge is -2.19. The Bertz CT molecular complexity index is 1520. The van der Waals surface area contributed by atoms with E-state index in [0.717, 1.165) is 33.9 Å². The van der Waals surface area contributed by atoms with E-state index in [-0.39, 0.29) is 29.9 Å². The van der Waals surface area contributed by atoms with Crippen LogP contribution in [0.15, 0.2) is 60.3 Å². The van der Waals surface area contributed by atoms with Crippen LogP contribution < -0.4 is 4.74 Å². The van der Waals surface area contributed by atoms with Gasteiger partial charge in [-0.05, 0) is 55.3 Å². The van der Waals surface area contributed by atoms with E-state index in [1.165, 1.54) is 0 Å². The Hall–Kier alpha value is -3.72. The number of ether oxygens (including phenoxy) is 1. The van der Waals surface area contributed by atoms with Crippen LogP contribution in [-0.4, -0.2) is 58.6 Å². The molecule has 9 heteroatoms. The molecule has 2 fully saturated rings. The first-order valence-electron chi connectivity index (χ1n) is 12.0. The fourth-order valence-electron chi connectivity index (χ4n) is 5.24. The van der Waals surface area contributed by atoms with Crippen LogP contribution in [0.3, 0.4) is 0 Å². The highest BCUT2D eigenvalue weighted by atomic mass is 32.2. The van der Waals surface area contributed by atoms with Crippen molar-refractivity contribution in [1.82, 2.24) is 14.7 Å². The smallest absolute Gasteiger partial charge is 0.257 e. The lowest BCUT2D eigenvalue weighted by molar-refractivity contribution is -0.139. The molecule has 3 aliphatic rings. The third kappa shape index (κ3) is 4.03. The molecule has 8 nitrogen and oxygen atoms in total. The Morgan fingerprint density at radius 2 is 1.92 bits per heavy atom. The Labute approximate surface area is 209 Å². The molecule has 36 heavy (non-hydrogen) atoms. The maximum Gasteiger partial charge on any atom is 0.257 e. The number of hydrogen-bond donors (Lipinski definition) is 0. The molecule has 0 N–H and O–H groups in total. The largest absolute Gasteiger partial charge is 0.490 e. The summed E-state index contributed by atoms with van der Waals surface area (Å²) in [6.45, 7) is 2.03. The highest BCUT2D eigenvalue weighted by molar-refractivity contribution is 7.91. The second-order valence-electron chi connectivity index (χ2n) is 9.64. The summed E-state index contributed by atoms with van der Waals surface area (Å²) >= 11 is 0. The second-order valence-corrected chi connectivity index (χ2v) is 11.9. The van der Waals surface area contributed by atoms with Gasteiger partial charge in [-0.15, -0.1) is 0 Å². The number of sulfone groups is 1. The number of rotatable bonds is 4. The van der Waals surface area contributed by atoms with Crippen molar-refractivity contribution in [2.45, 2.75) is 38.3 Å². The Morgan fingerprint density at radius 3 is 2.67 bits per heavy atom. The molecular formula is C27H25N3O5S. The molecule has 0 spiro atoms. The van der Waals surface area contributed by atoms with Gasteiger partial charge in [-0.2, -0.15) is 5.10 Å². The Balaban J connectivity index is 1.40. The summed E-state index contributed by atoms with van der Waals surface area (Å²) in [4.78, 5) is 27.1. The maximum absolute atomic E-state index is 13.2. The normalized spacial score (nSPS) is 23.9. The quantitative estimate of drug-likeness (QED) is 0.401. The molecule has 2 saturated heterocycles. The third-order valence-corrected chi connectivity index (χ3v) is 8.69. The predicted octanol–water partition coefficient (Wildman–Crippen LogP) is 3.19.